The summed E-state index contributed by atoms with van der Waals surface area (Å²) in [7, 11) is 0. The highest BCUT2D eigenvalue weighted by Crippen LogP contribution is 2.25. The topological polar surface area (TPSA) is 95.1 Å². The van der Waals surface area contributed by atoms with Gasteiger partial charge in [-0.3, -0.25) is 9.48 Å². The number of nitrogen functional groups attached to an aromatic ring is 1. The van der Waals surface area contributed by atoms with Crippen LogP contribution in [0.4, 0.5) is 11.6 Å². The maximum atomic E-state index is 12.2. The number of hydrogen-bond acceptors (Lipinski definition) is 5. The molecule has 146 valence electrons. The number of aromatic nitrogens is 3. The molecular weight excluding hydrogens is 390 g/mol. The zero-order valence-corrected chi connectivity index (χ0v) is 16.1. The minimum Gasteiger partial charge on any atom is -0.466 e. The van der Waals surface area contributed by atoms with Crippen molar-refractivity contribution in [2.24, 2.45) is 0 Å². The van der Waals surface area contributed by atoms with Gasteiger partial charge in [0, 0.05) is 5.02 Å². The summed E-state index contributed by atoms with van der Waals surface area (Å²) in [6.07, 6.45) is 0. The largest absolute Gasteiger partial charge is 0.466 e. The summed E-state index contributed by atoms with van der Waals surface area (Å²) < 4.78 is 7.54. The number of halogens is 1. The van der Waals surface area contributed by atoms with Crippen molar-refractivity contribution >= 4 is 40.0 Å². The van der Waals surface area contributed by atoms with Crippen LogP contribution in [0.15, 0.2) is 66.7 Å². The molecule has 0 fully saturated rings. The van der Waals surface area contributed by atoms with Crippen molar-refractivity contribution in [3.8, 4) is 5.88 Å². The molecule has 0 saturated carbocycles. The van der Waals surface area contributed by atoms with Crippen molar-refractivity contribution in [3.05, 3.63) is 77.3 Å². The van der Waals surface area contributed by atoms with Crippen molar-refractivity contribution in [2.45, 2.75) is 6.54 Å². The van der Waals surface area contributed by atoms with E-state index < -0.39 is 0 Å². The van der Waals surface area contributed by atoms with E-state index in [9.17, 15) is 4.79 Å². The van der Waals surface area contributed by atoms with Crippen LogP contribution >= 0.6 is 11.6 Å². The standard InChI is InChI=1S/C21H18ClN5O2/c22-15-10-8-14(9-11-15)12-27-17-5-2-1-4-16(17)21(26-27)29-13-20(28)25-19-7-3-6-18(23)24-19/h1-11H,12-13H2,(H3,23,24,25,28). The van der Waals surface area contributed by atoms with E-state index in [4.69, 9.17) is 22.1 Å². The molecule has 8 heteroatoms. The molecule has 0 spiro atoms. The Labute approximate surface area is 172 Å². The van der Waals surface area contributed by atoms with E-state index in [-0.39, 0.29) is 12.5 Å². The maximum absolute atomic E-state index is 12.2. The maximum Gasteiger partial charge on any atom is 0.263 e. The number of ether oxygens (including phenoxy) is 1. The summed E-state index contributed by atoms with van der Waals surface area (Å²) in [5, 5.41) is 8.71. The summed E-state index contributed by atoms with van der Waals surface area (Å²) in [6, 6.07) is 20.3. The first-order valence-corrected chi connectivity index (χ1v) is 9.31. The Kier molecular flexibility index (Phi) is 5.31. The predicted octanol–water partition coefficient (Wildman–Crippen LogP) is 3.73. The minimum absolute atomic E-state index is 0.196. The van der Waals surface area contributed by atoms with Crippen LogP contribution in [0.1, 0.15) is 5.56 Å². The van der Waals surface area contributed by atoms with Gasteiger partial charge in [-0.2, -0.15) is 0 Å². The van der Waals surface area contributed by atoms with Gasteiger partial charge in [0.1, 0.15) is 11.6 Å². The fourth-order valence-electron chi connectivity index (χ4n) is 2.92. The van der Waals surface area contributed by atoms with Crippen molar-refractivity contribution < 1.29 is 9.53 Å². The number of fused-ring (bicyclic) bond motifs is 1. The molecule has 0 bridgehead atoms. The quantitative estimate of drug-likeness (QED) is 0.507. The number of benzene rings is 2. The lowest BCUT2D eigenvalue weighted by Gasteiger charge is -2.06. The van der Waals surface area contributed by atoms with Gasteiger partial charge in [-0.05, 0) is 42.0 Å². The monoisotopic (exact) mass is 407 g/mol. The number of carbonyl (C=O) groups excluding carboxylic acids is 1. The van der Waals surface area contributed by atoms with E-state index in [0.717, 1.165) is 16.5 Å². The van der Waals surface area contributed by atoms with E-state index in [1.165, 1.54) is 0 Å². The van der Waals surface area contributed by atoms with Gasteiger partial charge < -0.3 is 15.8 Å². The first-order chi connectivity index (χ1) is 14.1. The molecule has 0 unspecified atom stereocenters. The molecule has 0 atom stereocenters. The van der Waals surface area contributed by atoms with Gasteiger partial charge in [0.2, 0.25) is 5.88 Å². The second kappa shape index (κ2) is 8.20. The van der Waals surface area contributed by atoms with Crippen LogP contribution in [-0.2, 0) is 11.3 Å². The van der Waals surface area contributed by atoms with E-state index in [1.807, 2.05) is 53.2 Å². The van der Waals surface area contributed by atoms with Crippen LogP contribution in [0.5, 0.6) is 5.88 Å². The second-order valence-corrected chi connectivity index (χ2v) is 6.83. The molecule has 1 amide bonds. The molecule has 29 heavy (non-hydrogen) atoms. The number of carbonyl (C=O) groups is 1. The molecule has 2 heterocycles. The average molecular weight is 408 g/mol. The van der Waals surface area contributed by atoms with E-state index >= 15 is 0 Å². The zero-order chi connectivity index (χ0) is 20.2. The van der Waals surface area contributed by atoms with Gasteiger partial charge in [0.05, 0.1) is 17.4 Å². The molecule has 4 rings (SSSR count). The van der Waals surface area contributed by atoms with Gasteiger partial charge in [-0.1, -0.05) is 41.9 Å². The molecule has 0 saturated heterocycles. The third kappa shape index (κ3) is 4.47. The third-order valence-corrected chi connectivity index (χ3v) is 4.50. The highest BCUT2D eigenvalue weighted by molar-refractivity contribution is 6.30. The van der Waals surface area contributed by atoms with Crippen LogP contribution in [-0.4, -0.2) is 27.3 Å². The summed E-state index contributed by atoms with van der Waals surface area (Å²) in [5.41, 5.74) is 7.59. The van der Waals surface area contributed by atoms with Gasteiger partial charge >= 0.3 is 0 Å². The van der Waals surface area contributed by atoms with Crippen LogP contribution in [0, 0.1) is 0 Å². The SMILES string of the molecule is Nc1cccc(NC(=O)COc2nn(Cc3ccc(Cl)cc3)c3ccccc23)n1. The van der Waals surface area contributed by atoms with E-state index in [2.05, 4.69) is 15.4 Å². The average Bonchev–Trinajstić information content (AvgIpc) is 3.06. The number of pyridine rings is 1. The van der Waals surface area contributed by atoms with Crippen LogP contribution in [0.2, 0.25) is 5.02 Å². The summed E-state index contributed by atoms with van der Waals surface area (Å²) in [5.74, 6) is 0.747. The van der Waals surface area contributed by atoms with Gasteiger partial charge in [-0.15, -0.1) is 5.10 Å². The number of nitrogens with two attached hydrogens (primary N) is 1. The Morgan fingerprint density at radius 3 is 2.66 bits per heavy atom. The van der Waals surface area contributed by atoms with Crippen molar-refractivity contribution in [3.63, 3.8) is 0 Å². The van der Waals surface area contributed by atoms with Crippen molar-refractivity contribution in [1.82, 2.24) is 14.8 Å². The lowest BCUT2D eigenvalue weighted by atomic mass is 10.2. The molecule has 0 aliphatic rings. The number of rotatable bonds is 6. The lowest BCUT2D eigenvalue weighted by Crippen LogP contribution is -2.21. The van der Waals surface area contributed by atoms with Crippen LogP contribution in [0.25, 0.3) is 10.9 Å². The highest BCUT2D eigenvalue weighted by atomic mass is 35.5. The first-order valence-electron chi connectivity index (χ1n) is 8.94. The molecule has 7 nitrogen and oxygen atoms in total. The third-order valence-electron chi connectivity index (χ3n) is 4.25. The molecule has 2 aromatic heterocycles. The Hall–Kier alpha value is -3.58. The smallest absolute Gasteiger partial charge is 0.263 e. The summed E-state index contributed by atoms with van der Waals surface area (Å²) in [6.45, 7) is 0.360. The molecule has 4 aromatic rings. The Bertz CT molecular complexity index is 1160. The molecule has 0 aliphatic heterocycles. The minimum atomic E-state index is -0.348. The second-order valence-electron chi connectivity index (χ2n) is 6.39. The van der Waals surface area contributed by atoms with Crippen LogP contribution < -0.4 is 15.8 Å². The van der Waals surface area contributed by atoms with Crippen molar-refractivity contribution in [1.29, 1.82) is 0 Å². The fraction of sp³-hybridized carbons (Fsp3) is 0.0952. The van der Waals surface area contributed by atoms with Crippen molar-refractivity contribution in [2.75, 3.05) is 17.7 Å². The normalized spacial score (nSPS) is 10.8. The van der Waals surface area contributed by atoms with Gasteiger partial charge in [-0.25, -0.2) is 4.98 Å². The number of anilines is 2. The number of hydrogen-bond donors (Lipinski definition) is 2. The number of nitrogens with zero attached hydrogens (tertiary/aromatic N) is 3. The predicted molar refractivity (Wildman–Crippen MR) is 113 cm³/mol. The summed E-state index contributed by atoms with van der Waals surface area (Å²) in [4.78, 5) is 16.2. The number of nitrogens with one attached hydrogen (secondary N) is 1. The molecular formula is C21H18ClN5O2. The Morgan fingerprint density at radius 1 is 1.07 bits per heavy atom. The zero-order valence-electron chi connectivity index (χ0n) is 15.4. The summed E-state index contributed by atoms with van der Waals surface area (Å²) >= 11 is 5.96. The number of amides is 1. The van der Waals surface area contributed by atoms with Gasteiger partial charge in [0.15, 0.2) is 6.61 Å². The molecule has 2 aromatic carbocycles. The molecule has 0 radical (unpaired) electrons. The Balaban J connectivity index is 1.50. The first kappa shape index (κ1) is 18.8. The highest BCUT2D eigenvalue weighted by Gasteiger charge is 2.13. The lowest BCUT2D eigenvalue weighted by molar-refractivity contribution is -0.118. The molecule has 0 aliphatic carbocycles. The number of para-hydroxylation sites is 1. The van der Waals surface area contributed by atoms with E-state index in [0.29, 0.717) is 29.1 Å². The van der Waals surface area contributed by atoms with Gasteiger partial charge in [0.25, 0.3) is 5.91 Å². The van der Waals surface area contributed by atoms with Crippen LogP contribution in [0.3, 0.4) is 0 Å². The Morgan fingerprint density at radius 2 is 1.86 bits per heavy atom. The van der Waals surface area contributed by atoms with E-state index in [1.54, 1.807) is 18.2 Å². The fourth-order valence-corrected chi connectivity index (χ4v) is 3.05. The molecule has 3 N–H and O–H groups in total.